The molecule has 0 fully saturated rings. The number of allylic oxidation sites excluding steroid dienone is 1. The van der Waals surface area contributed by atoms with Crippen LogP contribution in [0.1, 0.15) is 68.8 Å². The zero-order valence-corrected chi connectivity index (χ0v) is 18.2. The summed E-state index contributed by atoms with van der Waals surface area (Å²) in [4.78, 5) is 4.29. The Hall–Kier alpha value is -2.27. The highest BCUT2D eigenvalue weighted by Crippen LogP contribution is 2.34. The maximum atomic E-state index is 15.6. The second kappa shape index (κ2) is 8.62. The molecule has 0 radical (unpaired) electrons. The van der Waals surface area contributed by atoms with Crippen LogP contribution in [0.4, 0.5) is 8.78 Å². The predicted octanol–water partition coefficient (Wildman–Crippen LogP) is 6.96. The largest absolute Gasteiger partial charge is 0.235 e. The van der Waals surface area contributed by atoms with Gasteiger partial charge in [-0.1, -0.05) is 50.9 Å². The number of nitrogens with zero attached hydrogens (tertiary/aromatic N) is 3. The van der Waals surface area contributed by atoms with Gasteiger partial charge in [-0.15, -0.1) is 0 Å². The second-order valence-corrected chi connectivity index (χ2v) is 7.92. The van der Waals surface area contributed by atoms with E-state index in [1.165, 1.54) is 10.6 Å². The molecule has 2 unspecified atom stereocenters. The van der Waals surface area contributed by atoms with Crippen molar-refractivity contribution in [3.63, 3.8) is 0 Å². The van der Waals surface area contributed by atoms with Crippen molar-refractivity contribution in [1.82, 2.24) is 14.6 Å². The quantitative estimate of drug-likeness (QED) is 0.434. The van der Waals surface area contributed by atoms with Crippen molar-refractivity contribution in [1.29, 1.82) is 0 Å². The summed E-state index contributed by atoms with van der Waals surface area (Å²) >= 11 is 6.01. The molecule has 0 spiro atoms. The standard InChI is InChI=1S/C23H26ClF2N3/c1-6-13(3)16(7-2)11-17-14(4)10-18(25)22(23(17)26)15(5)19-12-27-21-9-8-20(24)28-29(19)21/h8-13,15H,6-7H2,1-5H3. The highest BCUT2D eigenvalue weighted by Gasteiger charge is 2.25. The van der Waals surface area contributed by atoms with Crippen LogP contribution in [0.15, 0.2) is 30.0 Å². The molecule has 0 aliphatic rings. The van der Waals surface area contributed by atoms with Gasteiger partial charge in [0.2, 0.25) is 0 Å². The van der Waals surface area contributed by atoms with Crippen molar-refractivity contribution in [3.05, 3.63) is 69.1 Å². The number of hydrogen-bond acceptors (Lipinski definition) is 2. The maximum absolute atomic E-state index is 15.6. The average molecular weight is 418 g/mol. The van der Waals surface area contributed by atoms with Gasteiger partial charge >= 0.3 is 0 Å². The molecular weight excluding hydrogens is 392 g/mol. The van der Waals surface area contributed by atoms with Crippen molar-refractivity contribution >= 4 is 23.3 Å². The Labute approximate surface area is 175 Å². The number of aromatic nitrogens is 3. The number of hydrogen-bond donors (Lipinski definition) is 0. The molecule has 29 heavy (non-hydrogen) atoms. The van der Waals surface area contributed by atoms with Gasteiger partial charge in [0.1, 0.15) is 16.8 Å². The molecule has 0 aliphatic carbocycles. The topological polar surface area (TPSA) is 30.2 Å². The molecule has 2 atom stereocenters. The lowest BCUT2D eigenvalue weighted by Crippen LogP contribution is -2.10. The van der Waals surface area contributed by atoms with Gasteiger partial charge in [0.15, 0.2) is 5.65 Å². The number of imidazole rings is 1. The fraction of sp³-hybridized carbons (Fsp3) is 0.391. The fourth-order valence-electron chi connectivity index (χ4n) is 3.69. The summed E-state index contributed by atoms with van der Waals surface area (Å²) in [7, 11) is 0. The lowest BCUT2D eigenvalue weighted by molar-refractivity contribution is 0.539. The van der Waals surface area contributed by atoms with Crippen LogP contribution in [-0.2, 0) is 0 Å². The Morgan fingerprint density at radius 3 is 2.62 bits per heavy atom. The van der Waals surface area contributed by atoms with Gasteiger partial charge in [-0.25, -0.2) is 18.3 Å². The third-order valence-corrected chi connectivity index (χ3v) is 5.92. The molecular formula is C23H26ClF2N3. The highest BCUT2D eigenvalue weighted by molar-refractivity contribution is 6.29. The van der Waals surface area contributed by atoms with Gasteiger partial charge in [0.05, 0.1) is 11.9 Å². The van der Waals surface area contributed by atoms with E-state index in [9.17, 15) is 4.39 Å². The minimum absolute atomic E-state index is 0.0185. The lowest BCUT2D eigenvalue weighted by atomic mass is 9.89. The Bertz CT molecular complexity index is 1070. The summed E-state index contributed by atoms with van der Waals surface area (Å²) in [5, 5.41) is 4.53. The van der Waals surface area contributed by atoms with E-state index in [0.29, 0.717) is 33.5 Å². The molecule has 6 heteroatoms. The number of rotatable bonds is 6. The summed E-state index contributed by atoms with van der Waals surface area (Å²) in [5.74, 6) is -1.34. The van der Waals surface area contributed by atoms with Crippen LogP contribution < -0.4 is 0 Å². The number of halogens is 3. The molecule has 0 N–H and O–H groups in total. The summed E-state index contributed by atoms with van der Waals surface area (Å²) in [6, 6.07) is 4.77. The SMILES string of the molecule is CCC(=Cc1c(C)cc(F)c(C(C)c2cnc3ccc(Cl)nn23)c1F)C(C)CC. The first-order valence-corrected chi connectivity index (χ1v) is 10.3. The Morgan fingerprint density at radius 2 is 1.97 bits per heavy atom. The first-order chi connectivity index (χ1) is 13.8. The van der Waals surface area contributed by atoms with E-state index in [4.69, 9.17) is 11.6 Å². The van der Waals surface area contributed by atoms with Crippen molar-refractivity contribution in [2.45, 2.75) is 53.4 Å². The van der Waals surface area contributed by atoms with Crippen LogP contribution in [0.3, 0.4) is 0 Å². The highest BCUT2D eigenvalue weighted by atomic mass is 35.5. The second-order valence-electron chi connectivity index (χ2n) is 7.53. The minimum atomic E-state index is -0.586. The molecule has 0 amide bonds. The molecule has 3 rings (SSSR count). The maximum Gasteiger partial charge on any atom is 0.153 e. The number of aryl methyl sites for hydroxylation is 1. The van der Waals surface area contributed by atoms with Crippen molar-refractivity contribution in [3.8, 4) is 0 Å². The van der Waals surface area contributed by atoms with Crippen LogP contribution in [-0.4, -0.2) is 14.6 Å². The first-order valence-electron chi connectivity index (χ1n) is 9.97. The molecule has 154 valence electrons. The zero-order chi connectivity index (χ0) is 21.3. The van der Waals surface area contributed by atoms with E-state index >= 15 is 4.39 Å². The lowest BCUT2D eigenvalue weighted by Gasteiger charge is -2.18. The first kappa shape index (κ1) is 21.4. The zero-order valence-electron chi connectivity index (χ0n) is 17.4. The summed E-state index contributed by atoms with van der Waals surface area (Å²) in [6.45, 7) is 9.80. The van der Waals surface area contributed by atoms with E-state index in [1.54, 1.807) is 32.2 Å². The van der Waals surface area contributed by atoms with Gasteiger partial charge < -0.3 is 0 Å². The van der Waals surface area contributed by atoms with Gasteiger partial charge in [-0.2, -0.15) is 5.10 Å². The van der Waals surface area contributed by atoms with Gasteiger partial charge in [0.25, 0.3) is 0 Å². The van der Waals surface area contributed by atoms with Crippen LogP contribution in [0.5, 0.6) is 0 Å². The van der Waals surface area contributed by atoms with E-state index in [0.717, 1.165) is 18.4 Å². The molecule has 2 heterocycles. The molecule has 0 bridgehead atoms. The summed E-state index contributed by atoms with van der Waals surface area (Å²) in [6.07, 6.45) is 5.27. The summed E-state index contributed by atoms with van der Waals surface area (Å²) in [5.41, 5.74) is 3.37. The smallest absolute Gasteiger partial charge is 0.153 e. The normalized spacial score (nSPS) is 14.4. The van der Waals surface area contributed by atoms with Crippen LogP contribution in [0.25, 0.3) is 11.7 Å². The molecule has 0 saturated carbocycles. The van der Waals surface area contributed by atoms with Crippen molar-refractivity contribution < 1.29 is 8.78 Å². The van der Waals surface area contributed by atoms with Gasteiger partial charge in [0, 0.05) is 17.0 Å². The molecule has 0 aliphatic heterocycles. The predicted molar refractivity (Wildman–Crippen MR) is 114 cm³/mol. The fourth-order valence-corrected chi connectivity index (χ4v) is 3.83. The monoisotopic (exact) mass is 417 g/mol. The third-order valence-electron chi connectivity index (χ3n) is 5.71. The van der Waals surface area contributed by atoms with Crippen molar-refractivity contribution in [2.75, 3.05) is 0 Å². The Kier molecular flexibility index (Phi) is 6.37. The third kappa shape index (κ3) is 4.06. The summed E-state index contributed by atoms with van der Waals surface area (Å²) < 4.78 is 32.1. The van der Waals surface area contributed by atoms with Crippen LogP contribution in [0.2, 0.25) is 5.15 Å². The number of fused-ring (bicyclic) bond motifs is 1. The van der Waals surface area contributed by atoms with Gasteiger partial charge in [-0.05, 0) is 49.4 Å². The van der Waals surface area contributed by atoms with E-state index in [-0.39, 0.29) is 5.56 Å². The van der Waals surface area contributed by atoms with Gasteiger partial charge in [-0.3, -0.25) is 0 Å². The minimum Gasteiger partial charge on any atom is -0.235 e. The van der Waals surface area contributed by atoms with E-state index < -0.39 is 17.6 Å². The van der Waals surface area contributed by atoms with Crippen molar-refractivity contribution in [2.24, 2.45) is 5.92 Å². The van der Waals surface area contributed by atoms with Crippen LogP contribution >= 0.6 is 11.6 Å². The van der Waals surface area contributed by atoms with E-state index in [2.05, 4.69) is 30.9 Å². The van der Waals surface area contributed by atoms with Crippen LogP contribution in [0, 0.1) is 24.5 Å². The molecule has 3 aromatic rings. The molecule has 1 aromatic carbocycles. The molecule has 3 nitrogen and oxygen atoms in total. The average Bonchev–Trinajstić information content (AvgIpc) is 3.10. The number of benzene rings is 1. The Balaban J connectivity index is 2.16. The molecule has 2 aromatic heterocycles. The molecule has 0 saturated heterocycles. The Morgan fingerprint density at radius 1 is 1.24 bits per heavy atom. The van der Waals surface area contributed by atoms with E-state index in [1.807, 2.05) is 6.08 Å².